The summed E-state index contributed by atoms with van der Waals surface area (Å²) in [6.07, 6.45) is 5.83. The van der Waals surface area contributed by atoms with E-state index in [1.165, 1.54) is 15.9 Å². The molecule has 1 heterocycles. The summed E-state index contributed by atoms with van der Waals surface area (Å²) in [7, 11) is -3.81. The van der Waals surface area contributed by atoms with E-state index >= 15 is 0 Å². The van der Waals surface area contributed by atoms with Gasteiger partial charge in [-0.3, -0.25) is 13.9 Å². The summed E-state index contributed by atoms with van der Waals surface area (Å²) in [4.78, 5) is 27.1. The molecule has 0 fully saturated rings. The minimum Gasteiger partial charge on any atom is -0.489 e. The third kappa shape index (κ3) is 8.50. The Morgan fingerprint density at radius 1 is 0.778 bits per heavy atom. The molecular weight excluding hydrogens is 701 g/mol. The van der Waals surface area contributed by atoms with Gasteiger partial charge in [0.2, 0.25) is 10.0 Å². The lowest BCUT2D eigenvalue weighted by atomic mass is 9.96. The number of nitrogens with zero attached hydrogens (tertiary/aromatic N) is 1. The highest BCUT2D eigenvalue weighted by molar-refractivity contribution is 7.92. The maximum absolute atomic E-state index is 13.6. The molecule has 54 heavy (non-hydrogen) atoms. The SMILES string of the molecule is CS(=O)(=O)N(Cc1ccccc1)c1cc(C(=O)CNC(=O)c2ccccc2CCOc2cccc3c4c(oc23)CCCC4)ccc1OCc1ccccc1. The molecule has 0 unspecified atom stereocenters. The lowest BCUT2D eigenvalue weighted by Gasteiger charge is -2.25. The van der Waals surface area contributed by atoms with Gasteiger partial charge in [0.05, 0.1) is 31.6 Å². The van der Waals surface area contributed by atoms with Crippen LogP contribution in [0.25, 0.3) is 11.0 Å². The number of nitrogens with one attached hydrogen (secondary N) is 1. The zero-order chi connectivity index (χ0) is 37.5. The van der Waals surface area contributed by atoms with Crippen molar-refractivity contribution < 1.29 is 31.9 Å². The summed E-state index contributed by atoms with van der Waals surface area (Å²) in [5.41, 5.74) is 5.40. The number of ketones is 1. The van der Waals surface area contributed by atoms with Crippen LogP contribution in [-0.4, -0.2) is 39.5 Å². The van der Waals surface area contributed by atoms with Gasteiger partial charge < -0.3 is 19.2 Å². The van der Waals surface area contributed by atoms with Crippen molar-refractivity contribution in [1.82, 2.24) is 5.32 Å². The van der Waals surface area contributed by atoms with Crippen LogP contribution in [0.2, 0.25) is 0 Å². The van der Waals surface area contributed by atoms with Crippen LogP contribution in [0.4, 0.5) is 5.69 Å². The fraction of sp³-hybridized carbons (Fsp3) is 0.227. The Labute approximate surface area is 315 Å². The number of anilines is 1. The minimum absolute atomic E-state index is 0.0367. The van der Waals surface area contributed by atoms with E-state index < -0.39 is 15.9 Å². The molecule has 0 spiro atoms. The number of rotatable bonds is 15. The summed E-state index contributed by atoms with van der Waals surface area (Å²) in [6.45, 7) is 0.269. The highest BCUT2D eigenvalue weighted by Crippen LogP contribution is 2.37. The number of furan rings is 1. The average Bonchev–Trinajstić information content (AvgIpc) is 3.58. The van der Waals surface area contributed by atoms with Crippen LogP contribution < -0.4 is 19.1 Å². The van der Waals surface area contributed by atoms with E-state index in [4.69, 9.17) is 13.9 Å². The fourth-order valence-corrected chi connectivity index (χ4v) is 7.72. The number of hydrogen-bond donors (Lipinski definition) is 1. The molecule has 1 amide bonds. The zero-order valence-electron chi connectivity index (χ0n) is 30.1. The second kappa shape index (κ2) is 16.4. The quantitative estimate of drug-likeness (QED) is 0.106. The van der Waals surface area contributed by atoms with Gasteiger partial charge >= 0.3 is 0 Å². The molecule has 0 saturated heterocycles. The van der Waals surface area contributed by atoms with Crippen molar-refractivity contribution in [1.29, 1.82) is 0 Å². The van der Waals surface area contributed by atoms with Gasteiger partial charge in [-0.15, -0.1) is 0 Å². The summed E-state index contributed by atoms with van der Waals surface area (Å²) in [5.74, 6) is 1.25. The first-order valence-corrected chi connectivity index (χ1v) is 20.0. The number of amides is 1. The van der Waals surface area contributed by atoms with Crippen LogP contribution in [0, 0.1) is 0 Å². The number of benzene rings is 5. The Bertz CT molecular complexity index is 2370. The average molecular weight is 743 g/mol. The first-order chi connectivity index (χ1) is 26.2. The van der Waals surface area contributed by atoms with Gasteiger partial charge in [-0.1, -0.05) is 91.0 Å². The molecule has 6 aromatic rings. The zero-order valence-corrected chi connectivity index (χ0v) is 30.9. The van der Waals surface area contributed by atoms with Gasteiger partial charge in [-0.2, -0.15) is 0 Å². The Balaban J connectivity index is 1.05. The number of carbonyl (C=O) groups excluding carboxylic acids is 2. The van der Waals surface area contributed by atoms with Gasteiger partial charge in [-0.25, -0.2) is 8.42 Å². The third-order valence-corrected chi connectivity index (χ3v) is 10.7. The predicted molar refractivity (Wildman–Crippen MR) is 210 cm³/mol. The maximum atomic E-state index is 13.6. The van der Waals surface area contributed by atoms with Gasteiger partial charge in [-0.05, 0) is 66.3 Å². The van der Waals surface area contributed by atoms with E-state index in [2.05, 4.69) is 11.4 Å². The van der Waals surface area contributed by atoms with Crippen molar-refractivity contribution in [2.45, 2.75) is 45.3 Å². The fourth-order valence-electron chi connectivity index (χ4n) is 6.83. The molecule has 7 rings (SSSR count). The van der Waals surface area contributed by atoms with E-state index in [0.717, 1.165) is 65.4 Å². The van der Waals surface area contributed by atoms with E-state index in [1.807, 2.05) is 84.9 Å². The van der Waals surface area contributed by atoms with E-state index in [1.54, 1.807) is 24.3 Å². The highest BCUT2D eigenvalue weighted by atomic mass is 32.2. The number of sulfonamides is 1. The number of aryl methyl sites for hydroxylation is 2. The first kappa shape index (κ1) is 36.5. The standard InChI is InChI=1S/C44H42N2O7S/c1-54(49,50)46(29-31-13-4-2-5-14-31)38-27-34(23-24-41(38)52-30-32-15-6-3-7-16-32)39(47)28-45-44(48)35-18-9-8-17-33(35)25-26-51-42-22-12-20-37-36-19-10-11-21-40(36)53-43(37)42/h2-9,12-18,20,22-24,27H,10-11,19,21,25-26,28-30H2,1H3,(H,45,48). The number of Topliss-reactive ketones (excluding diaryl/α,β-unsaturated/α-hetero) is 1. The molecule has 276 valence electrons. The molecule has 0 aliphatic heterocycles. The molecule has 0 atom stereocenters. The Hall–Kier alpha value is -5.87. The molecule has 1 aliphatic rings. The predicted octanol–water partition coefficient (Wildman–Crippen LogP) is 8.09. The van der Waals surface area contributed by atoms with Crippen molar-refractivity contribution in [2.24, 2.45) is 0 Å². The molecule has 1 N–H and O–H groups in total. The van der Waals surface area contributed by atoms with E-state index in [0.29, 0.717) is 30.1 Å². The summed E-state index contributed by atoms with van der Waals surface area (Å²) in [5, 5.41) is 3.88. The van der Waals surface area contributed by atoms with Crippen molar-refractivity contribution in [3.63, 3.8) is 0 Å². The highest BCUT2D eigenvalue weighted by Gasteiger charge is 2.25. The lowest BCUT2D eigenvalue weighted by Crippen LogP contribution is -2.31. The maximum Gasteiger partial charge on any atom is 0.251 e. The molecule has 1 aromatic heterocycles. The van der Waals surface area contributed by atoms with Gasteiger partial charge in [0.15, 0.2) is 17.1 Å². The van der Waals surface area contributed by atoms with Crippen molar-refractivity contribution in [3.8, 4) is 11.5 Å². The number of ether oxygens (including phenoxy) is 2. The molecule has 0 bridgehead atoms. The van der Waals surface area contributed by atoms with Gasteiger partial charge in [0.25, 0.3) is 5.91 Å². The molecule has 1 aliphatic carbocycles. The Morgan fingerprint density at radius 2 is 1.50 bits per heavy atom. The Kier molecular flexibility index (Phi) is 11.1. The molecule has 9 nitrogen and oxygen atoms in total. The third-order valence-electron chi connectivity index (χ3n) is 9.60. The molecule has 10 heteroatoms. The Morgan fingerprint density at radius 3 is 2.28 bits per heavy atom. The van der Waals surface area contributed by atoms with Crippen molar-refractivity contribution in [2.75, 3.05) is 23.7 Å². The number of para-hydroxylation sites is 1. The molecule has 5 aromatic carbocycles. The molecular formula is C44H42N2O7S. The van der Waals surface area contributed by atoms with E-state index in [9.17, 15) is 18.0 Å². The normalized spacial score (nSPS) is 12.5. The van der Waals surface area contributed by atoms with Gasteiger partial charge in [0.1, 0.15) is 18.1 Å². The van der Waals surface area contributed by atoms with Crippen LogP contribution >= 0.6 is 0 Å². The van der Waals surface area contributed by atoms with Crippen LogP contribution in [-0.2, 0) is 42.4 Å². The minimum atomic E-state index is -3.81. The second-order valence-electron chi connectivity index (χ2n) is 13.4. The van der Waals surface area contributed by atoms with Crippen molar-refractivity contribution in [3.05, 3.63) is 160 Å². The second-order valence-corrected chi connectivity index (χ2v) is 15.3. The lowest BCUT2D eigenvalue weighted by molar-refractivity contribution is 0.0903. The number of carbonyl (C=O) groups is 2. The summed E-state index contributed by atoms with van der Waals surface area (Å²) in [6, 6.07) is 36.6. The van der Waals surface area contributed by atoms with Crippen molar-refractivity contribution >= 4 is 38.4 Å². The summed E-state index contributed by atoms with van der Waals surface area (Å²) >= 11 is 0. The smallest absolute Gasteiger partial charge is 0.251 e. The molecule has 0 saturated carbocycles. The van der Waals surface area contributed by atoms with Crippen LogP contribution in [0.5, 0.6) is 11.5 Å². The van der Waals surface area contributed by atoms with Gasteiger partial charge in [0, 0.05) is 34.9 Å². The largest absolute Gasteiger partial charge is 0.489 e. The number of hydrogen-bond acceptors (Lipinski definition) is 7. The van der Waals surface area contributed by atoms with Crippen LogP contribution in [0.1, 0.15) is 61.6 Å². The monoisotopic (exact) mass is 742 g/mol. The number of fused-ring (bicyclic) bond motifs is 3. The van der Waals surface area contributed by atoms with Crippen LogP contribution in [0.15, 0.2) is 126 Å². The summed E-state index contributed by atoms with van der Waals surface area (Å²) < 4.78 is 46.2. The first-order valence-electron chi connectivity index (χ1n) is 18.1. The topological polar surface area (TPSA) is 115 Å². The molecule has 0 radical (unpaired) electrons. The van der Waals surface area contributed by atoms with Crippen LogP contribution in [0.3, 0.4) is 0 Å². The van der Waals surface area contributed by atoms with E-state index in [-0.39, 0.29) is 36.7 Å².